The quantitative estimate of drug-likeness (QED) is 0.361. The lowest BCUT2D eigenvalue weighted by Gasteiger charge is -2.07. The van der Waals surface area contributed by atoms with Crippen molar-refractivity contribution in [2.75, 3.05) is 5.75 Å². The van der Waals surface area contributed by atoms with E-state index in [1.54, 1.807) is 10.8 Å². The molecule has 0 unspecified atom stereocenters. The third-order valence-electron chi connectivity index (χ3n) is 3.81. The Morgan fingerprint density at radius 3 is 2.78 bits per heavy atom. The van der Waals surface area contributed by atoms with Gasteiger partial charge in [0.2, 0.25) is 0 Å². The number of rotatable bonds is 6. The van der Waals surface area contributed by atoms with Crippen LogP contribution in [0.2, 0.25) is 0 Å². The molecule has 142 valence electrons. The van der Waals surface area contributed by atoms with Crippen LogP contribution in [0.15, 0.2) is 36.5 Å². The first-order chi connectivity index (χ1) is 12.8. The molecule has 0 amide bonds. The predicted octanol–water partition coefficient (Wildman–Crippen LogP) is 4.13. The highest BCUT2D eigenvalue weighted by atomic mass is 33.1. The van der Waals surface area contributed by atoms with E-state index in [-0.39, 0.29) is 5.75 Å². The second kappa shape index (κ2) is 7.81. The van der Waals surface area contributed by atoms with Crippen LogP contribution >= 0.6 is 21.6 Å². The van der Waals surface area contributed by atoms with E-state index in [2.05, 4.69) is 9.97 Å². The Balaban J connectivity index is 1.93. The summed E-state index contributed by atoms with van der Waals surface area (Å²) in [4.78, 5) is 18.0. The van der Waals surface area contributed by atoms with Gasteiger partial charge in [0.05, 0.1) is 23.2 Å². The highest BCUT2D eigenvalue weighted by molar-refractivity contribution is 8.76. The average Bonchev–Trinajstić information content (AvgIpc) is 3.01. The zero-order valence-corrected chi connectivity index (χ0v) is 15.7. The number of aliphatic carboxylic acids is 1. The van der Waals surface area contributed by atoms with E-state index in [0.717, 1.165) is 23.4 Å². The van der Waals surface area contributed by atoms with Gasteiger partial charge in [0, 0.05) is 0 Å². The van der Waals surface area contributed by atoms with Crippen LogP contribution in [-0.4, -0.2) is 26.8 Å². The minimum Gasteiger partial charge on any atom is -0.481 e. The SMILES string of the molecule is Cc1ccc[n+](-c2nc3ccc(C(F)(F)F)cc3[nH]2)c1CSSCC(=O)O. The average molecular weight is 414 g/mol. The number of carbonyl (C=O) groups is 1. The molecule has 0 atom stereocenters. The number of nitrogens with zero attached hydrogens (tertiary/aromatic N) is 2. The minimum atomic E-state index is -4.42. The summed E-state index contributed by atoms with van der Waals surface area (Å²) in [5.41, 5.74) is 1.85. The maximum atomic E-state index is 12.9. The van der Waals surface area contributed by atoms with Crippen molar-refractivity contribution in [1.29, 1.82) is 0 Å². The van der Waals surface area contributed by atoms with E-state index < -0.39 is 17.7 Å². The van der Waals surface area contributed by atoms with E-state index in [9.17, 15) is 18.0 Å². The van der Waals surface area contributed by atoms with Crippen LogP contribution in [0.3, 0.4) is 0 Å². The molecule has 27 heavy (non-hydrogen) atoms. The summed E-state index contributed by atoms with van der Waals surface area (Å²) < 4.78 is 40.5. The van der Waals surface area contributed by atoms with Crippen molar-refractivity contribution in [2.24, 2.45) is 0 Å². The molecule has 2 aromatic heterocycles. The molecule has 3 aromatic rings. The van der Waals surface area contributed by atoms with E-state index in [4.69, 9.17) is 5.11 Å². The second-order valence-electron chi connectivity index (χ2n) is 5.72. The van der Waals surface area contributed by atoms with Gasteiger partial charge in [-0.2, -0.15) is 13.2 Å². The van der Waals surface area contributed by atoms with Crippen LogP contribution in [0.5, 0.6) is 0 Å². The van der Waals surface area contributed by atoms with Gasteiger partial charge in [0.25, 0.3) is 0 Å². The lowest BCUT2D eigenvalue weighted by atomic mass is 10.2. The molecule has 0 aliphatic rings. The first-order valence-corrected chi connectivity index (χ1v) is 10.3. The fourth-order valence-electron chi connectivity index (χ4n) is 2.51. The number of aryl methyl sites for hydroxylation is 1. The molecule has 10 heteroatoms. The molecule has 0 saturated heterocycles. The Morgan fingerprint density at radius 2 is 2.07 bits per heavy atom. The molecule has 0 aliphatic carbocycles. The number of pyridine rings is 1. The molecule has 0 aliphatic heterocycles. The Bertz CT molecular complexity index is 989. The molecule has 3 rings (SSSR count). The van der Waals surface area contributed by atoms with Gasteiger partial charge >= 0.3 is 18.1 Å². The number of fused-ring (bicyclic) bond motifs is 1. The number of hydrogen-bond donors (Lipinski definition) is 2. The van der Waals surface area contributed by atoms with Gasteiger partial charge in [-0.25, -0.2) is 9.55 Å². The fraction of sp³-hybridized carbons (Fsp3) is 0.235. The van der Waals surface area contributed by atoms with Gasteiger partial charge in [0.15, 0.2) is 5.52 Å². The number of nitrogens with one attached hydrogen (secondary N) is 1. The lowest BCUT2D eigenvalue weighted by molar-refractivity contribution is -0.610. The lowest BCUT2D eigenvalue weighted by Crippen LogP contribution is -2.37. The van der Waals surface area contributed by atoms with Crippen LogP contribution in [0.4, 0.5) is 13.2 Å². The highest BCUT2D eigenvalue weighted by Gasteiger charge is 2.31. The third kappa shape index (κ3) is 4.56. The Kier molecular flexibility index (Phi) is 5.66. The van der Waals surface area contributed by atoms with E-state index in [0.29, 0.717) is 22.7 Å². The number of alkyl halides is 3. The maximum Gasteiger partial charge on any atom is 0.416 e. The maximum absolute atomic E-state index is 12.9. The van der Waals surface area contributed by atoms with Crippen molar-refractivity contribution in [1.82, 2.24) is 9.97 Å². The highest BCUT2D eigenvalue weighted by Crippen LogP contribution is 2.31. The molecule has 0 saturated carbocycles. The normalized spacial score (nSPS) is 11.9. The first-order valence-electron chi connectivity index (χ1n) is 7.79. The minimum absolute atomic E-state index is 0.0125. The Morgan fingerprint density at radius 1 is 1.30 bits per heavy atom. The molecular formula is C17H15F3N3O2S2+. The Hall–Kier alpha value is -2.20. The number of hydrogen-bond acceptors (Lipinski definition) is 4. The van der Waals surface area contributed by atoms with Gasteiger partial charge < -0.3 is 5.11 Å². The molecule has 2 heterocycles. The van der Waals surface area contributed by atoms with Gasteiger partial charge in [-0.3, -0.25) is 4.79 Å². The number of aromatic nitrogens is 3. The van der Waals surface area contributed by atoms with Crippen LogP contribution in [0.1, 0.15) is 16.8 Å². The fourth-order valence-corrected chi connectivity index (χ4v) is 4.39. The Labute approximate surface area is 160 Å². The molecule has 5 nitrogen and oxygen atoms in total. The number of imidazole rings is 1. The standard InChI is InChI=1S/C17H14F3N3O2S2/c1-10-3-2-6-23(14(10)8-26-27-9-15(24)25)16-21-12-5-4-11(17(18,19)20)7-13(12)22-16/h2-7H,8-9H2,1H3,(H-,21,22,24,25)/p+1. The molecule has 2 N–H and O–H groups in total. The first kappa shape index (κ1) is 19.6. The number of aromatic amines is 1. The summed E-state index contributed by atoms with van der Waals surface area (Å²) in [6, 6.07) is 7.12. The molecule has 0 spiro atoms. The molecule has 1 aromatic carbocycles. The van der Waals surface area contributed by atoms with Gasteiger partial charge in [0.1, 0.15) is 11.3 Å². The van der Waals surface area contributed by atoms with Crippen LogP contribution in [0, 0.1) is 6.92 Å². The summed E-state index contributed by atoms with van der Waals surface area (Å²) in [7, 11) is 2.62. The number of carboxylic acids is 1. The zero-order chi connectivity index (χ0) is 19.6. The number of carboxylic acid groups (broad SMARTS) is 1. The van der Waals surface area contributed by atoms with Gasteiger partial charge in [-0.1, -0.05) is 32.6 Å². The number of halogens is 3. The van der Waals surface area contributed by atoms with Crippen molar-refractivity contribution >= 4 is 38.6 Å². The van der Waals surface area contributed by atoms with E-state index in [1.807, 2.05) is 19.1 Å². The summed E-state index contributed by atoms with van der Waals surface area (Å²) in [6.07, 6.45) is -2.65. The van der Waals surface area contributed by atoms with Crippen molar-refractivity contribution < 1.29 is 27.6 Å². The molecule has 0 bridgehead atoms. The topological polar surface area (TPSA) is 69.9 Å². The summed E-state index contributed by atoms with van der Waals surface area (Å²) in [5, 5.41) is 8.72. The van der Waals surface area contributed by atoms with Crippen LogP contribution in [0.25, 0.3) is 17.0 Å². The van der Waals surface area contributed by atoms with Crippen LogP contribution in [-0.2, 0) is 16.7 Å². The summed E-state index contributed by atoms with van der Waals surface area (Å²) in [6.45, 7) is 1.92. The van der Waals surface area contributed by atoms with Crippen molar-refractivity contribution in [3.63, 3.8) is 0 Å². The largest absolute Gasteiger partial charge is 0.481 e. The monoisotopic (exact) mass is 414 g/mol. The third-order valence-corrected chi connectivity index (χ3v) is 5.94. The van der Waals surface area contributed by atoms with Crippen molar-refractivity contribution in [3.8, 4) is 5.95 Å². The molecule has 0 radical (unpaired) electrons. The van der Waals surface area contributed by atoms with Crippen molar-refractivity contribution in [3.05, 3.63) is 53.3 Å². The number of H-pyrrole nitrogens is 1. The van der Waals surface area contributed by atoms with Crippen molar-refractivity contribution in [2.45, 2.75) is 18.9 Å². The zero-order valence-electron chi connectivity index (χ0n) is 14.1. The molecule has 0 fully saturated rings. The summed E-state index contributed by atoms with van der Waals surface area (Å²) >= 11 is 0. The number of benzene rings is 1. The second-order valence-corrected chi connectivity index (χ2v) is 8.18. The predicted molar refractivity (Wildman–Crippen MR) is 98.8 cm³/mol. The van der Waals surface area contributed by atoms with E-state index >= 15 is 0 Å². The molecular weight excluding hydrogens is 399 g/mol. The van der Waals surface area contributed by atoms with Crippen LogP contribution < -0.4 is 4.57 Å². The summed E-state index contributed by atoms with van der Waals surface area (Å²) in [5.74, 6) is 0.0337. The van der Waals surface area contributed by atoms with Gasteiger partial charge in [-0.15, -0.1) is 0 Å². The smallest absolute Gasteiger partial charge is 0.416 e. The van der Waals surface area contributed by atoms with Gasteiger partial charge in [-0.05, 0) is 36.8 Å². The van der Waals surface area contributed by atoms with E-state index in [1.165, 1.54) is 27.7 Å².